The van der Waals surface area contributed by atoms with Crippen LogP contribution in [-0.2, 0) is 24.0 Å². The van der Waals surface area contributed by atoms with Gasteiger partial charge in [0.15, 0.2) is 0 Å². The van der Waals surface area contributed by atoms with E-state index in [1.807, 2.05) is 14.1 Å². The van der Waals surface area contributed by atoms with Gasteiger partial charge in [-0.25, -0.2) is 4.79 Å². The molecule has 4 aliphatic carbocycles. The molecule has 5 rings (SSSR count). The van der Waals surface area contributed by atoms with Crippen LogP contribution in [0.5, 0.6) is 0 Å². The molecule has 0 bridgehead atoms. The van der Waals surface area contributed by atoms with Crippen molar-refractivity contribution in [2.45, 2.75) is 110 Å². The minimum absolute atomic E-state index is 0.0777. The normalized spacial score (nSPS) is 40.4. The van der Waals surface area contributed by atoms with Crippen molar-refractivity contribution in [3.63, 3.8) is 0 Å². The average molecular weight is 545 g/mol. The summed E-state index contributed by atoms with van der Waals surface area (Å²) in [4.78, 5) is 54.8. The average Bonchev–Trinajstić information content (AvgIpc) is 3.41. The van der Waals surface area contributed by atoms with Gasteiger partial charge in [-0.2, -0.15) is 0 Å². The van der Waals surface area contributed by atoms with Crippen molar-refractivity contribution in [1.82, 2.24) is 9.96 Å². The van der Waals surface area contributed by atoms with Gasteiger partial charge in [0.05, 0.1) is 0 Å². The van der Waals surface area contributed by atoms with Crippen LogP contribution in [0, 0.1) is 46.3 Å². The highest BCUT2D eigenvalue weighted by atomic mass is 16.8. The lowest BCUT2D eigenvalue weighted by Crippen LogP contribution is -2.54. The Kier molecular flexibility index (Phi) is 7.79. The molecule has 218 valence electrons. The minimum atomic E-state index is -0.937. The zero-order chi connectivity index (χ0) is 28.1. The molecule has 9 atom stereocenters. The predicted octanol–water partition coefficient (Wildman–Crippen LogP) is 5.74. The lowest BCUT2D eigenvalue weighted by atomic mass is 9.44. The van der Waals surface area contributed by atoms with Crippen LogP contribution in [0.2, 0.25) is 0 Å². The molecule has 5 aliphatic rings. The summed E-state index contributed by atoms with van der Waals surface area (Å²) in [7, 11) is 3.70. The molecule has 5 fully saturated rings. The molecule has 0 N–H and O–H groups in total. The van der Waals surface area contributed by atoms with Gasteiger partial charge in [-0.05, 0) is 111 Å². The standard InChI is InChI=1S/C31H48N2O6/c1-19(6-11-26(34)32(4)5)23-9-10-24-22-8-7-20-18-21(38-29(37)39-33-27(35)12-13-28(33)36)14-16-30(20,2)25(22)15-17-31(23,24)3/h19-25H,6-18H2,1-5H3/t19-,20-,21-,22?,23-,24?,25?,30+,31-/m1/s1. The lowest BCUT2D eigenvalue weighted by molar-refractivity contribution is -0.181. The van der Waals surface area contributed by atoms with E-state index >= 15 is 0 Å². The van der Waals surface area contributed by atoms with Crippen molar-refractivity contribution in [2.75, 3.05) is 14.1 Å². The van der Waals surface area contributed by atoms with E-state index < -0.39 is 18.0 Å². The third-order valence-electron chi connectivity index (χ3n) is 12.1. The maximum Gasteiger partial charge on any atom is 0.534 e. The van der Waals surface area contributed by atoms with Gasteiger partial charge in [0.1, 0.15) is 6.10 Å². The Bertz CT molecular complexity index is 982. The van der Waals surface area contributed by atoms with Crippen molar-refractivity contribution >= 4 is 23.9 Å². The summed E-state index contributed by atoms with van der Waals surface area (Å²) in [5.74, 6) is 3.31. The number of nitrogens with zero attached hydrogens (tertiary/aromatic N) is 2. The summed E-state index contributed by atoms with van der Waals surface area (Å²) in [6, 6.07) is 0. The van der Waals surface area contributed by atoms with Crippen LogP contribution in [0.25, 0.3) is 0 Å². The van der Waals surface area contributed by atoms with Gasteiger partial charge >= 0.3 is 6.16 Å². The Morgan fingerprint density at radius 2 is 1.62 bits per heavy atom. The summed E-state index contributed by atoms with van der Waals surface area (Å²) >= 11 is 0. The highest BCUT2D eigenvalue weighted by Crippen LogP contribution is 2.68. The Labute approximate surface area is 233 Å². The summed E-state index contributed by atoms with van der Waals surface area (Å²) in [5, 5.41) is 0.565. The first-order valence-corrected chi connectivity index (χ1v) is 15.4. The summed E-state index contributed by atoms with van der Waals surface area (Å²) < 4.78 is 5.63. The molecular formula is C31H48N2O6. The summed E-state index contributed by atoms with van der Waals surface area (Å²) in [6.07, 6.45) is 10.9. The first kappa shape index (κ1) is 28.4. The van der Waals surface area contributed by atoms with Gasteiger partial charge in [-0.1, -0.05) is 25.8 Å². The monoisotopic (exact) mass is 544 g/mol. The molecule has 8 heteroatoms. The first-order chi connectivity index (χ1) is 18.4. The largest absolute Gasteiger partial charge is 0.534 e. The molecule has 0 aromatic carbocycles. The minimum Gasteiger partial charge on any atom is -0.429 e. The Morgan fingerprint density at radius 1 is 0.949 bits per heavy atom. The molecule has 1 aliphatic heterocycles. The van der Waals surface area contributed by atoms with Crippen LogP contribution in [0.4, 0.5) is 4.79 Å². The Balaban J connectivity index is 1.19. The van der Waals surface area contributed by atoms with Gasteiger partial charge < -0.3 is 9.64 Å². The number of hydrogen-bond acceptors (Lipinski definition) is 6. The molecule has 4 saturated carbocycles. The second kappa shape index (κ2) is 10.7. The van der Waals surface area contributed by atoms with E-state index in [0.717, 1.165) is 37.5 Å². The topological polar surface area (TPSA) is 93.2 Å². The number of hydroxylamine groups is 2. The third kappa shape index (κ3) is 5.10. The maximum atomic E-state index is 12.4. The second-order valence-corrected chi connectivity index (χ2v) is 14.1. The molecule has 1 heterocycles. The van der Waals surface area contributed by atoms with E-state index in [2.05, 4.69) is 20.8 Å². The Morgan fingerprint density at radius 3 is 2.31 bits per heavy atom. The maximum absolute atomic E-state index is 12.4. The zero-order valence-electron chi connectivity index (χ0n) is 24.6. The summed E-state index contributed by atoms with van der Waals surface area (Å²) in [6.45, 7) is 7.44. The third-order valence-corrected chi connectivity index (χ3v) is 12.1. The molecule has 39 heavy (non-hydrogen) atoms. The van der Waals surface area contributed by atoms with E-state index in [9.17, 15) is 19.2 Å². The zero-order valence-corrected chi connectivity index (χ0v) is 24.6. The molecular weight excluding hydrogens is 496 g/mol. The smallest absolute Gasteiger partial charge is 0.429 e. The van der Waals surface area contributed by atoms with E-state index in [-0.39, 0.29) is 30.3 Å². The predicted molar refractivity (Wildman–Crippen MR) is 145 cm³/mol. The number of imide groups is 1. The van der Waals surface area contributed by atoms with Gasteiger partial charge in [0, 0.05) is 33.4 Å². The number of hydrogen-bond donors (Lipinski definition) is 0. The van der Waals surface area contributed by atoms with Crippen molar-refractivity contribution in [3.05, 3.63) is 0 Å². The Hall–Kier alpha value is -2.12. The quantitative estimate of drug-likeness (QED) is 0.313. The van der Waals surface area contributed by atoms with Crippen LogP contribution in [0.15, 0.2) is 0 Å². The highest BCUT2D eigenvalue weighted by molar-refractivity contribution is 6.01. The number of ether oxygens (including phenoxy) is 1. The molecule has 0 radical (unpaired) electrons. The fourth-order valence-corrected chi connectivity index (χ4v) is 9.97. The molecule has 3 amide bonds. The van der Waals surface area contributed by atoms with E-state index in [4.69, 9.17) is 9.57 Å². The van der Waals surface area contributed by atoms with E-state index in [0.29, 0.717) is 40.6 Å². The number of rotatable bonds is 6. The molecule has 8 nitrogen and oxygen atoms in total. The van der Waals surface area contributed by atoms with Crippen LogP contribution in [0.3, 0.4) is 0 Å². The van der Waals surface area contributed by atoms with Crippen LogP contribution >= 0.6 is 0 Å². The summed E-state index contributed by atoms with van der Waals surface area (Å²) in [5.41, 5.74) is 0.635. The second-order valence-electron chi connectivity index (χ2n) is 14.1. The highest BCUT2D eigenvalue weighted by Gasteiger charge is 2.60. The van der Waals surface area contributed by atoms with Crippen molar-refractivity contribution in [2.24, 2.45) is 46.3 Å². The van der Waals surface area contributed by atoms with Gasteiger partial charge in [-0.15, -0.1) is 0 Å². The van der Waals surface area contributed by atoms with Crippen molar-refractivity contribution in [1.29, 1.82) is 0 Å². The molecule has 3 unspecified atom stereocenters. The molecule has 0 aromatic heterocycles. The van der Waals surface area contributed by atoms with E-state index in [1.54, 1.807) is 4.90 Å². The number of amides is 3. The number of fused-ring (bicyclic) bond motifs is 5. The SMILES string of the molecule is C[C@H](CCC(=O)N(C)C)[C@H]1CCC2C3CC[C@@H]4C[C@H](OC(=O)ON5C(=O)CCC5=O)CC[C@]4(C)C3CC[C@@]21C. The van der Waals surface area contributed by atoms with Crippen molar-refractivity contribution in [3.8, 4) is 0 Å². The lowest BCUT2D eigenvalue weighted by Gasteiger charge is -2.61. The van der Waals surface area contributed by atoms with Gasteiger partial charge in [0.25, 0.3) is 11.8 Å². The van der Waals surface area contributed by atoms with Crippen molar-refractivity contribution < 1.29 is 28.8 Å². The number of carbonyl (C=O) groups is 4. The van der Waals surface area contributed by atoms with Crippen LogP contribution in [-0.4, -0.2) is 54.0 Å². The van der Waals surface area contributed by atoms with E-state index in [1.165, 1.54) is 38.5 Å². The number of carbonyl (C=O) groups excluding carboxylic acids is 4. The molecule has 0 aromatic rings. The van der Waals surface area contributed by atoms with Crippen LogP contribution < -0.4 is 0 Å². The fraction of sp³-hybridized carbons (Fsp3) is 0.871. The van der Waals surface area contributed by atoms with Crippen LogP contribution in [0.1, 0.15) is 104 Å². The molecule has 1 saturated heterocycles. The first-order valence-electron chi connectivity index (χ1n) is 15.4. The molecule has 0 spiro atoms. The fourth-order valence-electron chi connectivity index (χ4n) is 9.97. The van der Waals surface area contributed by atoms with Gasteiger partial charge in [-0.3, -0.25) is 19.2 Å². The van der Waals surface area contributed by atoms with Gasteiger partial charge in [0.2, 0.25) is 5.91 Å².